The van der Waals surface area contributed by atoms with Crippen molar-refractivity contribution < 1.29 is 42.8 Å². The number of carbonyl (C=O) groups is 2. The SMILES string of the molecule is COC(CNCC(O)COc1ccccc1)NS(=O)(=O)c1ccccc1.O=C(O)C(=O)O. The van der Waals surface area contributed by atoms with Gasteiger partial charge in [0.1, 0.15) is 24.7 Å². The molecule has 2 rings (SSSR count). The molecule has 0 bridgehead atoms. The lowest BCUT2D eigenvalue weighted by atomic mass is 10.3. The number of hydrogen-bond donors (Lipinski definition) is 5. The minimum atomic E-state index is -3.67. The summed E-state index contributed by atoms with van der Waals surface area (Å²) in [5.74, 6) is -2.97. The van der Waals surface area contributed by atoms with Gasteiger partial charge in [0.05, 0.1) is 4.90 Å². The van der Waals surface area contributed by atoms with E-state index < -0.39 is 34.3 Å². The quantitative estimate of drug-likeness (QED) is 0.224. The van der Waals surface area contributed by atoms with Crippen LogP contribution < -0.4 is 14.8 Å². The van der Waals surface area contributed by atoms with Gasteiger partial charge in [-0.15, -0.1) is 0 Å². The average molecular weight is 471 g/mol. The van der Waals surface area contributed by atoms with Gasteiger partial charge in [-0.05, 0) is 24.3 Å². The first kappa shape index (κ1) is 27.0. The summed E-state index contributed by atoms with van der Waals surface area (Å²) < 4.78 is 37.6. The van der Waals surface area contributed by atoms with E-state index in [1.54, 1.807) is 30.3 Å². The summed E-state index contributed by atoms with van der Waals surface area (Å²) >= 11 is 0. The van der Waals surface area contributed by atoms with Gasteiger partial charge in [0.15, 0.2) is 0 Å². The van der Waals surface area contributed by atoms with Crippen LogP contribution in [0.2, 0.25) is 0 Å². The van der Waals surface area contributed by atoms with Crippen molar-refractivity contribution in [3.05, 3.63) is 60.7 Å². The van der Waals surface area contributed by atoms with E-state index in [1.165, 1.54) is 19.2 Å². The highest BCUT2D eigenvalue weighted by Crippen LogP contribution is 2.09. The second-order valence-corrected chi connectivity index (χ2v) is 7.92. The predicted molar refractivity (Wildman–Crippen MR) is 114 cm³/mol. The summed E-state index contributed by atoms with van der Waals surface area (Å²) in [7, 11) is -2.26. The van der Waals surface area contributed by atoms with Crippen LogP contribution in [0.15, 0.2) is 65.6 Å². The number of aliphatic carboxylic acids is 2. The predicted octanol–water partition coefficient (Wildman–Crippen LogP) is 0.123. The van der Waals surface area contributed by atoms with E-state index in [-0.39, 0.29) is 24.6 Å². The third-order valence-corrected chi connectivity index (χ3v) is 5.17. The molecule has 176 valence electrons. The van der Waals surface area contributed by atoms with Gasteiger partial charge in [-0.2, -0.15) is 4.72 Å². The molecule has 12 heteroatoms. The van der Waals surface area contributed by atoms with Crippen LogP contribution in [0.1, 0.15) is 0 Å². The maximum Gasteiger partial charge on any atom is 0.414 e. The zero-order valence-electron chi connectivity index (χ0n) is 17.2. The van der Waals surface area contributed by atoms with Crippen LogP contribution in [0, 0.1) is 0 Å². The van der Waals surface area contributed by atoms with Gasteiger partial charge in [-0.25, -0.2) is 18.0 Å². The topological polar surface area (TPSA) is 171 Å². The molecular formula is C20H26N2O9S. The van der Waals surface area contributed by atoms with Gasteiger partial charge in [0, 0.05) is 20.2 Å². The summed E-state index contributed by atoms with van der Waals surface area (Å²) in [6, 6.07) is 17.2. The zero-order chi connectivity index (χ0) is 24.0. The third-order valence-electron chi connectivity index (χ3n) is 3.70. The van der Waals surface area contributed by atoms with Crippen molar-refractivity contribution in [3.8, 4) is 5.75 Å². The lowest BCUT2D eigenvalue weighted by Gasteiger charge is -2.19. The molecule has 0 saturated carbocycles. The fourth-order valence-electron chi connectivity index (χ4n) is 2.16. The normalized spacial score (nSPS) is 12.7. The molecule has 5 N–H and O–H groups in total. The Bertz CT molecular complexity index is 913. The van der Waals surface area contributed by atoms with Gasteiger partial charge in [-0.3, -0.25) is 0 Å². The Kier molecular flexibility index (Phi) is 11.9. The van der Waals surface area contributed by atoms with E-state index >= 15 is 0 Å². The third kappa shape index (κ3) is 10.8. The van der Waals surface area contributed by atoms with E-state index in [0.717, 1.165) is 0 Å². The number of rotatable bonds is 11. The maximum absolute atomic E-state index is 12.3. The maximum atomic E-state index is 12.3. The number of aliphatic hydroxyl groups is 1. The lowest BCUT2D eigenvalue weighted by molar-refractivity contribution is -0.159. The zero-order valence-corrected chi connectivity index (χ0v) is 18.1. The molecule has 2 unspecified atom stereocenters. The van der Waals surface area contributed by atoms with Crippen LogP contribution in [0.25, 0.3) is 0 Å². The van der Waals surface area contributed by atoms with Crippen molar-refractivity contribution in [1.82, 2.24) is 10.0 Å². The first-order valence-corrected chi connectivity index (χ1v) is 10.8. The Morgan fingerprint density at radius 1 is 0.938 bits per heavy atom. The van der Waals surface area contributed by atoms with Crippen molar-refractivity contribution in [2.75, 3.05) is 26.8 Å². The number of benzene rings is 2. The number of sulfonamides is 1. The minimum Gasteiger partial charge on any atom is -0.491 e. The van der Waals surface area contributed by atoms with E-state index in [9.17, 15) is 13.5 Å². The Morgan fingerprint density at radius 2 is 1.47 bits per heavy atom. The minimum absolute atomic E-state index is 0.129. The fourth-order valence-corrected chi connectivity index (χ4v) is 3.34. The smallest absolute Gasteiger partial charge is 0.414 e. The number of nitrogens with one attached hydrogen (secondary N) is 2. The molecule has 32 heavy (non-hydrogen) atoms. The number of carboxylic acids is 2. The summed E-state index contributed by atoms with van der Waals surface area (Å²) in [6.45, 7) is 0.565. The Balaban J connectivity index is 0.000000751. The number of aliphatic hydroxyl groups excluding tert-OH is 1. The molecule has 2 atom stereocenters. The van der Waals surface area contributed by atoms with Crippen LogP contribution in [0.5, 0.6) is 5.75 Å². The lowest BCUT2D eigenvalue weighted by Crippen LogP contribution is -2.45. The molecule has 0 heterocycles. The monoisotopic (exact) mass is 470 g/mol. The average Bonchev–Trinajstić information content (AvgIpc) is 2.78. The molecular weight excluding hydrogens is 444 g/mol. The van der Waals surface area contributed by atoms with Crippen molar-refractivity contribution in [1.29, 1.82) is 0 Å². The van der Waals surface area contributed by atoms with Crippen molar-refractivity contribution >= 4 is 22.0 Å². The molecule has 0 aliphatic carbocycles. The van der Waals surface area contributed by atoms with Gasteiger partial charge in [0.25, 0.3) is 0 Å². The largest absolute Gasteiger partial charge is 0.491 e. The molecule has 0 saturated heterocycles. The number of carboxylic acid groups (broad SMARTS) is 2. The van der Waals surface area contributed by atoms with Gasteiger partial charge >= 0.3 is 11.9 Å². The van der Waals surface area contributed by atoms with Crippen LogP contribution in [0.4, 0.5) is 0 Å². The molecule has 0 aliphatic rings. The second-order valence-electron chi connectivity index (χ2n) is 6.21. The van der Waals surface area contributed by atoms with E-state index in [4.69, 9.17) is 29.3 Å². The highest BCUT2D eigenvalue weighted by molar-refractivity contribution is 7.89. The highest BCUT2D eigenvalue weighted by Gasteiger charge is 2.19. The fraction of sp³-hybridized carbons (Fsp3) is 0.300. The number of methoxy groups -OCH3 is 1. The van der Waals surface area contributed by atoms with Crippen LogP contribution in [-0.2, 0) is 24.3 Å². The Hall–Kier alpha value is -3.03. The molecule has 11 nitrogen and oxygen atoms in total. The summed E-state index contributed by atoms with van der Waals surface area (Å²) in [4.78, 5) is 18.4. The molecule has 0 amide bonds. The van der Waals surface area contributed by atoms with E-state index in [2.05, 4.69) is 10.0 Å². The summed E-state index contributed by atoms with van der Waals surface area (Å²) in [6.07, 6.45) is -1.50. The van der Waals surface area contributed by atoms with E-state index in [1.807, 2.05) is 18.2 Å². The van der Waals surface area contributed by atoms with Crippen molar-refractivity contribution in [2.24, 2.45) is 0 Å². The number of ether oxygens (including phenoxy) is 2. The second kappa shape index (κ2) is 14.1. The molecule has 0 aliphatic heterocycles. The molecule has 2 aromatic carbocycles. The van der Waals surface area contributed by atoms with Gasteiger partial charge < -0.3 is 30.1 Å². The number of hydrogen-bond acceptors (Lipinski definition) is 8. The molecule has 0 aromatic heterocycles. The van der Waals surface area contributed by atoms with Gasteiger partial charge in [0.2, 0.25) is 10.0 Å². The van der Waals surface area contributed by atoms with Crippen molar-refractivity contribution in [3.63, 3.8) is 0 Å². The summed E-state index contributed by atoms with van der Waals surface area (Å²) in [5, 5.41) is 27.7. The van der Waals surface area contributed by atoms with Crippen LogP contribution >= 0.6 is 0 Å². The first-order valence-electron chi connectivity index (χ1n) is 9.28. The summed E-state index contributed by atoms with van der Waals surface area (Å²) in [5.41, 5.74) is 0. The molecule has 2 aromatic rings. The van der Waals surface area contributed by atoms with Crippen molar-refractivity contribution in [2.45, 2.75) is 17.2 Å². The molecule has 0 spiro atoms. The molecule has 0 fully saturated rings. The molecule has 0 radical (unpaired) electrons. The van der Waals surface area contributed by atoms with Gasteiger partial charge in [-0.1, -0.05) is 36.4 Å². The van der Waals surface area contributed by atoms with E-state index in [0.29, 0.717) is 5.75 Å². The Labute approximate surface area is 185 Å². The standard InChI is InChI=1S/C18H24N2O5S.C2H2O4/c1-24-18(20-26(22,23)17-10-6-3-7-11-17)13-19-12-15(21)14-25-16-8-4-2-5-9-16;3-1(4)2(5)6/h2-11,15,18-21H,12-14H2,1H3;(H,3,4)(H,5,6). The van der Waals surface area contributed by atoms with Crippen LogP contribution in [-0.4, -0.2) is 74.8 Å². The first-order chi connectivity index (χ1) is 15.2. The number of para-hydroxylation sites is 1. The highest BCUT2D eigenvalue weighted by atomic mass is 32.2. The Morgan fingerprint density at radius 3 is 1.97 bits per heavy atom. The van der Waals surface area contributed by atoms with Crippen LogP contribution in [0.3, 0.4) is 0 Å².